The molecule has 1 unspecified atom stereocenters. The Kier molecular flexibility index (Phi) is 6.81. The first-order valence-corrected chi connectivity index (χ1v) is 8.99. The van der Waals surface area contributed by atoms with Crippen LogP contribution in [0.2, 0.25) is 0 Å². The summed E-state index contributed by atoms with van der Waals surface area (Å²) in [5.74, 6) is 0.580. The summed E-state index contributed by atoms with van der Waals surface area (Å²) in [7, 11) is 4.05. The molecule has 1 N–H and O–H groups in total. The summed E-state index contributed by atoms with van der Waals surface area (Å²) in [6.45, 7) is 7.18. The van der Waals surface area contributed by atoms with Crippen molar-refractivity contribution >= 4 is 5.91 Å². The average Bonchev–Trinajstić information content (AvgIpc) is 2.60. The predicted octanol–water partition coefficient (Wildman–Crippen LogP) is 3.78. The van der Waals surface area contributed by atoms with Gasteiger partial charge in [0, 0.05) is 6.54 Å². The molecule has 0 spiro atoms. The second-order valence-electron chi connectivity index (χ2n) is 7.76. The maximum Gasteiger partial charge on any atom is 0.258 e. The molecule has 1 amide bonds. The Morgan fingerprint density at radius 3 is 2.19 bits per heavy atom. The van der Waals surface area contributed by atoms with E-state index in [1.54, 1.807) is 0 Å². The van der Waals surface area contributed by atoms with Crippen LogP contribution in [-0.4, -0.2) is 38.1 Å². The Hall–Kier alpha value is -2.33. The number of nitrogens with zero attached hydrogens (tertiary/aromatic N) is 1. The molecule has 1 atom stereocenters. The summed E-state index contributed by atoms with van der Waals surface area (Å²) in [6, 6.07) is 18.1. The van der Waals surface area contributed by atoms with E-state index >= 15 is 0 Å². The fourth-order valence-corrected chi connectivity index (χ4v) is 2.73. The lowest BCUT2D eigenvalue weighted by atomic mass is 9.86. The first-order valence-electron chi connectivity index (χ1n) is 8.99. The molecule has 2 aromatic rings. The van der Waals surface area contributed by atoms with Gasteiger partial charge in [0.05, 0.1) is 6.04 Å². The normalized spacial score (nSPS) is 12.7. The maximum atomic E-state index is 12.1. The van der Waals surface area contributed by atoms with Gasteiger partial charge in [0.25, 0.3) is 5.91 Å². The van der Waals surface area contributed by atoms with E-state index in [1.807, 2.05) is 44.4 Å². The number of hydrogen-bond acceptors (Lipinski definition) is 3. The lowest BCUT2D eigenvalue weighted by Crippen LogP contribution is -2.36. The van der Waals surface area contributed by atoms with Gasteiger partial charge in [-0.05, 0) is 42.8 Å². The maximum absolute atomic E-state index is 12.1. The molecule has 2 rings (SSSR count). The van der Waals surface area contributed by atoms with E-state index in [2.05, 4.69) is 55.3 Å². The molecule has 0 aromatic heterocycles. The van der Waals surface area contributed by atoms with E-state index in [-0.39, 0.29) is 24.0 Å². The summed E-state index contributed by atoms with van der Waals surface area (Å²) >= 11 is 0. The Balaban J connectivity index is 1.92. The van der Waals surface area contributed by atoms with Gasteiger partial charge in [-0.1, -0.05) is 63.2 Å². The molecule has 0 saturated heterocycles. The van der Waals surface area contributed by atoms with Gasteiger partial charge >= 0.3 is 0 Å². The predicted molar refractivity (Wildman–Crippen MR) is 107 cm³/mol. The Morgan fingerprint density at radius 1 is 1.04 bits per heavy atom. The third-order valence-corrected chi connectivity index (χ3v) is 4.39. The third-order valence-electron chi connectivity index (χ3n) is 4.39. The molecule has 0 fully saturated rings. The van der Waals surface area contributed by atoms with Crippen molar-refractivity contribution in [1.82, 2.24) is 10.2 Å². The summed E-state index contributed by atoms with van der Waals surface area (Å²) in [5, 5.41) is 2.97. The molecule has 0 aliphatic heterocycles. The van der Waals surface area contributed by atoms with Gasteiger partial charge < -0.3 is 15.0 Å². The number of likely N-dealkylation sites (N-methyl/N-ethyl adjacent to an activating group) is 1. The lowest BCUT2D eigenvalue weighted by Gasteiger charge is -2.26. The fraction of sp³-hybridized carbons (Fsp3) is 0.409. The SMILES string of the molecule is CN(C)C(CNC(=O)COc1ccccc1)c1ccc(C(C)(C)C)cc1. The van der Waals surface area contributed by atoms with Crippen molar-refractivity contribution < 1.29 is 9.53 Å². The number of carbonyl (C=O) groups excluding carboxylic acids is 1. The molecule has 4 nitrogen and oxygen atoms in total. The second-order valence-corrected chi connectivity index (χ2v) is 7.76. The molecule has 4 heteroatoms. The largest absolute Gasteiger partial charge is 0.484 e. The van der Waals surface area contributed by atoms with Gasteiger partial charge in [-0.3, -0.25) is 4.79 Å². The first kappa shape index (κ1) is 20.0. The van der Waals surface area contributed by atoms with Crippen LogP contribution in [0, 0.1) is 0 Å². The highest BCUT2D eigenvalue weighted by molar-refractivity contribution is 5.77. The monoisotopic (exact) mass is 354 g/mol. The zero-order chi connectivity index (χ0) is 19.2. The van der Waals surface area contributed by atoms with Gasteiger partial charge in [-0.2, -0.15) is 0 Å². The van der Waals surface area contributed by atoms with Crippen LogP contribution in [0.4, 0.5) is 0 Å². The van der Waals surface area contributed by atoms with E-state index in [0.29, 0.717) is 12.3 Å². The van der Waals surface area contributed by atoms with Crippen molar-refractivity contribution in [2.75, 3.05) is 27.2 Å². The van der Waals surface area contributed by atoms with E-state index in [9.17, 15) is 4.79 Å². The van der Waals surface area contributed by atoms with Gasteiger partial charge in [0.15, 0.2) is 6.61 Å². The van der Waals surface area contributed by atoms with Crippen LogP contribution in [0.25, 0.3) is 0 Å². The van der Waals surface area contributed by atoms with Gasteiger partial charge in [-0.15, -0.1) is 0 Å². The van der Waals surface area contributed by atoms with Gasteiger partial charge in [0.2, 0.25) is 0 Å². The Bertz CT molecular complexity index is 688. The van der Waals surface area contributed by atoms with Crippen LogP contribution in [-0.2, 0) is 10.2 Å². The van der Waals surface area contributed by atoms with Crippen molar-refractivity contribution in [3.8, 4) is 5.75 Å². The highest BCUT2D eigenvalue weighted by Crippen LogP contribution is 2.25. The number of rotatable bonds is 7. The molecule has 0 bridgehead atoms. The minimum Gasteiger partial charge on any atom is -0.484 e. The van der Waals surface area contributed by atoms with E-state index in [4.69, 9.17) is 4.74 Å². The average molecular weight is 354 g/mol. The first-order chi connectivity index (χ1) is 12.3. The molecule has 140 valence electrons. The van der Waals surface area contributed by atoms with Gasteiger partial charge in [-0.25, -0.2) is 0 Å². The summed E-state index contributed by atoms with van der Waals surface area (Å²) in [4.78, 5) is 14.2. The highest BCUT2D eigenvalue weighted by atomic mass is 16.5. The molecule has 26 heavy (non-hydrogen) atoms. The molecule has 0 aliphatic carbocycles. The highest BCUT2D eigenvalue weighted by Gasteiger charge is 2.18. The fourth-order valence-electron chi connectivity index (χ4n) is 2.73. The third kappa shape index (κ3) is 5.88. The Morgan fingerprint density at radius 2 is 1.65 bits per heavy atom. The van der Waals surface area contributed by atoms with E-state index < -0.39 is 0 Å². The van der Waals surface area contributed by atoms with E-state index in [0.717, 1.165) is 0 Å². The number of amides is 1. The molecular weight excluding hydrogens is 324 g/mol. The van der Waals surface area contributed by atoms with Crippen LogP contribution >= 0.6 is 0 Å². The van der Waals surface area contributed by atoms with Crippen molar-refractivity contribution in [2.24, 2.45) is 0 Å². The summed E-state index contributed by atoms with van der Waals surface area (Å²) in [5.41, 5.74) is 2.63. The summed E-state index contributed by atoms with van der Waals surface area (Å²) < 4.78 is 5.49. The molecule has 0 heterocycles. The van der Waals surface area contributed by atoms with Crippen LogP contribution in [0.1, 0.15) is 37.9 Å². The number of hydrogen-bond donors (Lipinski definition) is 1. The van der Waals surface area contributed by atoms with Gasteiger partial charge in [0.1, 0.15) is 5.75 Å². The number of benzene rings is 2. The van der Waals surface area contributed by atoms with Crippen molar-refractivity contribution in [3.63, 3.8) is 0 Å². The smallest absolute Gasteiger partial charge is 0.258 e. The van der Waals surface area contributed by atoms with Crippen molar-refractivity contribution in [1.29, 1.82) is 0 Å². The molecule has 0 aliphatic rings. The van der Waals surface area contributed by atoms with Crippen molar-refractivity contribution in [3.05, 3.63) is 65.7 Å². The molecule has 0 saturated carbocycles. The topological polar surface area (TPSA) is 41.6 Å². The van der Waals surface area contributed by atoms with Crippen molar-refractivity contribution in [2.45, 2.75) is 32.2 Å². The Labute approximate surface area is 157 Å². The minimum absolute atomic E-state index is 0.0210. The minimum atomic E-state index is -0.119. The molecule has 0 radical (unpaired) electrons. The van der Waals surface area contributed by atoms with Crippen LogP contribution in [0.3, 0.4) is 0 Å². The number of nitrogens with one attached hydrogen (secondary N) is 1. The number of para-hydroxylation sites is 1. The summed E-state index contributed by atoms with van der Waals surface area (Å²) in [6.07, 6.45) is 0. The molecule has 2 aromatic carbocycles. The second kappa shape index (κ2) is 8.86. The van der Waals surface area contributed by atoms with Crippen LogP contribution in [0.5, 0.6) is 5.75 Å². The van der Waals surface area contributed by atoms with Crippen LogP contribution < -0.4 is 10.1 Å². The number of carbonyl (C=O) groups is 1. The quantitative estimate of drug-likeness (QED) is 0.823. The lowest BCUT2D eigenvalue weighted by molar-refractivity contribution is -0.123. The standard InChI is InChI=1S/C22H30N2O2/c1-22(2,3)18-13-11-17(12-14-18)20(24(4)5)15-23-21(25)16-26-19-9-7-6-8-10-19/h6-14,20H,15-16H2,1-5H3,(H,23,25). The van der Waals surface area contributed by atoms with Crippen LogP contribution in [0.15, 0.2) is 54.6 Å². The molecular formula is C22H30N2O2. The zero-order valence-electron chi connectivity index (χ0n) is 16.5. The number of ether oxygens (including phenoxy) is 1. The zero-order valence-corrected chi connectivity index (χ0v) is 16.5. The van der Waals surface area contributed by atoms with E-state index in [1.165, 1.54) is 11.1 Å².